The zero-order valence-electron chi connectivity index (χ0n) is 14.2. The number of aliphatic hydroxyl groups is 1. The molecule has 0 aliphatic carbocycles. The van der Waals surface area contributed by atoms with Gasteiger partial charge in [-0.15, -0.1) is 0 Å². The first-order valence-electron chi connectivity index (χ1n) is 8.54. The van der Waals surface area contributed by atoms with E-state index in [4.69, 9.17) is 0 Å². The highest BCUT2D eigenvalue weighted by atomic mass is 16.3. The average Bonchev–Trinajstić information content (AvgIpc) is 2.34. The molecule has 0 spiro atoms. The molecule has 0 saturated carbocycles. The fourth-order valence-corrected chi connectivity index (χ4v) is 2.86. The minimum Gasteiger partial charge on any atom is -0.390 e. The average molecular weight is 284 g/mol. The SMILES string of the molecule is CC(C)CCCCN1CCN(CCCC(C)(C)O)CC1. The molecule has 1 aliphatic heterocycles. The fraction of sp³-hybridized carbons (Fsp3) is 1.00. The number of hydrogen-bond donors (Lipinski definition) is 1. The molecule has 1 fully saturated rings. The molecule has 3 nitrogen and oxygen atoms in total. The third-order valence-corrected chi connectivity index (χ3v) is 4.23. The molecular weight excluding hydrogens is 248 g/mol. The number of piperazine rings is 1. The van der Waals surface area contributed by atoms with E-state index in [0.717, 1.165) is 25.3 Å². The fourth-order valence-electron chi connectivity index (χ4n) is 2.86. The van der Waals surface area contributed by atoms with Gasteiger partial charge in [-0.3, -0.25) is 0 Å². The molecular formula is C17H36N2O. The minimum absolute atomic E-state index is 0.502. The lowest BCUT2D eigenvalue weighted by Gasteiger charge is -2.35. The Morgan fingerprint density at radius 3 is 1.85 bits per heavy atom. The summed E-state index contributed by atoms with van der Waals surface area (Å²) in [6, 6.07) is 0. The second kappa shape index (κ2) is 9.01. The normalized spacial score (nSPS) is 18.9. The Kier molecular flexibility index (Phi) is 8.08. The van der Waals surface area contributed by atoms with E-state index >= 15 is 0 Å². The first kappa shape index (κ1) is 17.9. The van der Waals surface area contributed by atoms with Crippen molar-refractivity contribution in [1.82, 2.24) is 9.80 Å². The van der Waals surface area contributed by atoms with E-state index in [1.807, 2.05) is 13.8 Å². The van der Waals surface area contributed by atoms with Crippen LogP contribution >= 0.6 is 0 Å². The van der Waals surface area contributed by atoms with Crippen molar-refractivity contribution in [3.8, 4) is 0 Å². The van der Waals surface area contributed by atoms with Crippen molar-refractivity contribution < 1.29 is 5.11 Å². The van der Waals surface area contributed by atoms with Gasteiger partial charge in [0.25, 0.3) is 0 Å². The summed E-state index contributed by atoms with van der Waals surface area (Å²) in [7, 11) is 0. The van der Waals surface area contributed by atoms with Gasteiger partial charge >= 0.3 is 0 Å². The first-order chi connectivity index (χ1) is 9.37. The van der Waals surface area contributed by atoms with Gasteiger partial charge in [0, 0.05) is 26.2 Å². The Labute approximate surface area is 126 Å². The van der Waals surface area contributed by atoms with Gasteiger partial charge in [0.15, 0.2) is 0 Å². The summed E-state index contributed by atoms with van der Waals surface area (Å²) in [4.78, 5) is 5.17. The molecule has 1 saturated heterocycles. The van der Waals surface area contributed by atoms with Crippen molar-refractivity contribution in [2.45, 2.75) is 65.4 Å². The maximum atomic E-state index is 9.72. The predicted molar refractivity (Wildman–Crippen MR) is 87.1 cm³/mol. The van der Waals surface area contributed by atoms with E-state index in [1.165, 1.54) is 52.0 Å². The van der Waals surface area contributed by atoms with E-state index in [-0.39, 0.29) is 0 Å². The van der Waals surface area contributed by atoms with Gasteiger partial charge in [0.05, 0.1) is 5.60 Å². The topological polar surface area (TPSA) is 26.7 Å². The molecule has 0 unspecified atom stereocenters. The molecule has 20 heavy (non-hydrogen) atoms. The lowest BCUT2D eigenvalue weighted by molar-refractivity contribution is 0.0608. The summed E-state index contributed by atoms with van der Waals surface area (Å²) in [5.41, 5.74) is -0.502. The second-order valence-electron chi connectivity index (χ2n) is 7.49. The third kappa shape index (κ3) is 8.93. The highest BCUT2D eigenvalue weighted by Crippen LogP contribution is 2.12. The summed E-state index contributed by atoms with van der Waals surface area (Å²) in [5.74, 6) is 0.850. The molecule has 1 heterocycles. The van der Waals surface area contributed by atoms with Crippen LogP contribution in [0.15, 0.2) is 0 Å². The molecule has 0 radical (unpaired) electrons. The molecule has 120 valence electrons. The number of rotatable bonds is 9. The van der Waals surface area contributed by atoms with Gasteiger partial charge in [-0.1, -0.05) is 26.7 Å². The maximum absolute atomic E-state index is 9.72. The Balaban J connectivity index is 2.02. The molecule has 1 rings (SSSR count). The third-order valence-electron chi connectivity index (χ3n) is 4.23. The van der Waals surface area contributed by atoms with Gasteiger partial charge < -0.3 is 14.9 Å². The van der Waals surface area contributed by atoms with E-state index in [1.54, 1.807) is 0 Å². The van der Waals surface area contributed by atoms with Gasteiger partial charge in [-0.25, -0.2) is 0 Å². The van der Waals surface area contributed by atoms with Crippen LogP contribution < -0.4 is 0 Å². The van der Waals surface area contributed by atoms with Crippen LogP contribution in [0.2, 0.25) is 0 Å². The summed E-state index contributed by atoms with van der Waals surface area (Å²) in [5, 5.41) is 9.72. The van der Waals surface area contributed by atoms with Crippen molar-refractivity contribution >= 4 is 0 Å². The Morgan fingerprint density at radius 1 is 0.900 bits per heavy atom. The highest BCUT2D eigenvalue weighted by Gasteiger charge is 2.17. The molecule has 1 aliphatic rings. The molecule has 0 aromatic rings. The number of nitrogens with zero attached hydrogens (tertiary/aromatic N) is 2. The van der Waals surface area contributed by atoms with Crippen LogP contribution in [-0.2, 0) is 0 Å². The zero-order chi connectivity index (χ0) is 15.0. The van der Waals surface area contributed by atoms with Crippen LogP contribution in [0, 0.1) is 5.92 Å². The van der Waals surface area contributed by atoms with Gasteiger partial charge in [0.2, 0.25) is 0 Å². The maximum Gasteiger partial charge on any atom is 0.0592 e. The van der Waals surface area contributed by atoms with Crippen LogP contribution in [0.25, 0.3) is 0 Å². The molecule has 0 amide bonds. The van der Waals surface area contributed by atoms with Crippen molar-refractivity contribution in [2.75, 3.05) is 39.3 Å². The van der Waals surface area contributed by atoms with Crippen LogP contribution in [0.5, 0.6) is 0 Å². The molecule has 0 atom stereocenters. The lowest BCUT2D eigenvalue weighted by Crippen LogP contribution is -2.46. The molecule has 1 N–H and O–H groups in total. The Morgan fingerprint density at radius 2 is 1.40 bits per heavy atom. The van der Waals surface area contributed by atoms with Gasteiger partial charge in [-0.05, 0) is 52.1 Å². The minimum atomic E-state index is -0.502. The van der Waals surface area contributed by atoms with Crippen LogP contribution in [0.1, 0.15) is 59.8 Å². The van der Waals surface area contributed by atoms with Crippen molar-refractivity contribution in [3.05, 3.63) is 0 Å². The van der Waals surface area contributed by atoms with E-state index < -0.39 is 5.60 Å². The smallest absolute Gasteiger partial charge is 0.0592 e. The largest absolute Gasteiger partial charge is 0.390 e. The van der Waals surface area contributed by atoms with E-state index in [9.17, 15) is 5.11 Å². The monoisotopic (exact) mass is 284 g/mol. The predicted octanol–water partition coefficient (Wildman–Crippen LogP) is 2.98. The Hall–Kier alpha value is -0.120. The van der Waals surface area contributed by atoms with E-state index in [0.29, 0.717) is 0 Å². The zero-order valence-corrected chi connectivity index (χ0v) is 14.2. The van der Waals surface area contributed by atoms with Gasteiger partial charge in [-0.2, -0.15) is 0 Å². The van der Waals surface area contributed by atoms with Crippen LogP contribution in [0.3, 0.4) is 0 Å². The summed E-state index contributed by atoms with van der Waals surface area (Å²) >= 11 is 0. The standard InChI is InChI=1S/C17H36N2O/c1-16(2)8-5-6-10-18-12-14-19(15-13-18)11-7-9-17(3,4)20/h16,20H,5-15H2,1-4H3. The summed E-state index contributed by atoms with van der Waals surface area (Å²) < 4.78 is 0. The first-order valence-corrected chi connectivity index (χ1v) is 8.54. The quantitative estimate of drug-likeness (QED) is 0.659. The molecule has 0 aromatic heterocycles. The van der Waals surface area contributed by atoms with E-state index in [2.05, 4.69) is 23.6 Å². The lowest BCUT2D eigenvalue weighted by atomic mass is 10.0. The molecule has 0 aromatic carbocycles. The highest BCUT2D eigenvalue weighted by molar-refractivity contribution is 4.73. The summed E-state index contributed by atoms with van der Waals surface area (Å²) in [6.07, 6.45) is 6.12. The summed E-state index contributed by atoms with van der Waals surface area (Å²) in [6.45, 7) is 15.7. The van der Waals surface area contributed by atoms with Gasteiger partial charge in [0.1, 0.15) is 0 Å². The van der Waals surface area contributed by atoms with Crippen molar-refractivity contribution in [3.63, 3.8) is 0 Å². The molecule has 3 heteroatoms. The number of unbranched alkanes of at least 4 members (excludes halogenated alkanes) is 1. The van der Waals surface area contributed by atoms with Crippen LogP contribution in [-0.4, -0.2) is 59.8 Å². The van der Waals surface area contributed by atoms with Crippen molar-refractivity contribution in [1.29, 1.82) is 0 Å². The van der Waals surface area contributed by atoms with Crippen molar-refractivity contribution in [2.24, 2.45) is 5.92 Å². The second-order valence-corrected chi connectivity index (χ2v) is 7.49. The van der Waals surface area contributed by atoms with Crippen LogP contribution in [0.4, 0.5) is 0 Å². The number of hydrogen-bond acceptors (Lipinski definition) is 3. The molecule has 0 bridgehead atoms. The Bertz CT molecular complexity index is 240.